The number of hydrogen-bond acceptors (Lipinski definition) is 13. The van der Waals surface area contributed by atoms with Crippen LogP contribution < -0.4 is 5.32 Å². The van der Waals surface area contributed by atoms with Crippen molar-refractivity contribution in [2.45, 2.75) is 248 Å². The molecule has 0 spiro atoms. The van der Waals surface area contributed by atoms with Crippen molar-refractivity contribution >= 4 is 5.91 Å². The van der Waals surface area contributed by atoms with Crippen molar-refractivity contribution in [3.05, 3.63) is 36.5 Å². The molecule has 1 amide bonds. The molecule has 14 heteroatoms. The summed E-state index contributed by atoms with van der Waals surface area (Å²) in [5, 5.41) is 86.2. The number of rotatable bonds is 37. The smallest absolute Gasteiger partial charge is 0.220 e. The minimum atomic E-state index is -1.79. The van der Waals surface area contributed by atoms with Crippen molar-refractivity contribution in [2.24, 2.45) is 0 Å². The highest BCUT2D eigenvalue weighted by atomic mass is 16.7. The molecule has 2 fully saturated rings. The van der Waals surface area contributed by atoms with Crippen LogP contribution in [0.1, 0.15) is 174 Å². The first-order valence-corrected chi connectivity index (χ1v) is 24.7. The van der Waals surface area contributed by atoms with Gasteiger partial charge < -0.3 is 65.1 Å². The zero-order chi connectivity index (χ0) is 46.1. The second-order valence-electron chi connectivity index (χ2n) is 17.6. The predicted molar refractivity (Wildman–Crippen MR) is 244 cm³/mol. The van der Waals surface area contributed by atoms with E-state index in [0.717, 1.165) is 51.4 Å². The Labute approximate surface area is 379 Å². The first-order valence-electron chi connectivity index (χ1n) is 24.7. The number of aliphatic hydroxyl groups is 8. The molecule has 0 aliphatic carbocycles. The van der Waals surface area contributed by atoms with Crippen LogP contribution in [0.4, 0.5) is 0 Å². The molecule has 2 aliphatic heterocycles. The molecule has 2 heterocycles. The van der Waals surface area contributed by atoms with Crippen LogP contribution in [-0.4, -0.2) is 140 Å². The van der Waals surface area contributed by atoms with Crippen LogP contribution in [0.15, 0.2) is 36.5 Å². The van der Waals surface area contributed by atoms with Gasteiger partial charge in [-0.25, -0.2) is 0 Å². The van der Waals surface area contributed by atoms with E-state index in [0.29, 0.717) is 12.8 Å². The monoisotopic (exact) mass is 900 g/mol. The molecule has 2 aliphatic rings. The van der Waals surface area contributed by atoms with Gasteiger partial charge in [-0.3, -0.25) is 4.79 Å². The van der Waals surface area contributed by atoms with Crippen molar-refractivity contribution < 1.29 is 64.6 Å². The molecule has 2 rings (SSSR count). The maximum Gasteiger partial charge on any atom is 0.220 e. The number of ether oxygens (including phenoxy) is 4. The van der Waals surface area contributed by atoms with Gasteiger partial charge >= 0.3 is 0 Å². The fourth-order valence-corrected chi connectivity index (χ4v) is 7.97. The second-order valence-corrected chi connectivity index (χ2v) is 17.6. The minimum absolute atomic E-state index is 0.265. The van der Waals surface area contributed by atoms with Gasteiger partial charge in [0.05, 0.1) is 32.0 Å². The van der Waals surface area contributed by atoms with Crippen LogP contribution in [0.5, 0.6) is 0 Å². The summed E-state index contributed by atoms with van der Waals surface area (Å²) in [4.78, 5) is 12.9. The van der Waals surface area contributed by atoms with Gasteiger partial charge in [-0.15, -0.1) is 0 Å². The molecule has 0 aromatic rings. The largest absolute Gasteiger partial charge is 0.394 e. The Morgan fingerprint density at radius 3 is 1.56 bits per heavy atom. The van der Waals surface area contributed by atoms with Gasteiger partial charge in [0.25, 0.3) is 0 Å². The third-order valence-electron chi connectivity index (χ3n) is 12.1. The van der Waals surface area contributed by atoms with E-state index < -0.39 is 86.8 Å². The molecule has 9 N–H and O–H groups in total. The number of unbranched alkanes of at least 4 members (excludes halogenated alkanes) is 20. The molecular formula is C49H89NO13. The molecule has 12 unspecified atom stereocenters. The van der Waals surface area contributed by atoms with Gasteiger partial charge in [0.2, 0.25) is 5.91 Å². The SMILES string of the molecule is CCCCCCCCCCCCCCCC/C=C/CC/C=C/CC/C=C/C(O)C(COC1OC(CO)C(OC2OC(CO)C(O)C(O)C2O)C(O)C1O)NC(=O)CCCCCCC. The van der Waals surface area contributed by atoms with E-state index in [1.54, 1.807) is 6.08 Å². The molecular weight excluding hydrogens is 811 g/mol. The van der Waals surface area contributed by atoms with E-state index >= 15 is 0 Å². The number of carbonyl (C=O) groups excluding carboxylic acids is 1. The van der Waals surface area contributed by atoms with Gasteiger partial charge in [-0.05, 0) is 44.9 Å². The third-order valence-corrected chi connectivity index (χ3v) is 12.1. The molecule has 0 saturated carbocycles. The molecule has 12 atom stereocenters. The summed E-state index contributed by atoms with van der Waals surface area (Å²) in [6.07, 6.45) is 24.1. The maximum atomic E-state index is 12.9. The lowest BCUT2D eigenvalue weighted by Crippen LogP contribution is -2.65. The quantitative estimate of drug-likeness (QED) is 0.0261. The lowest BCUT2D eigenvalue weighted by Gasteiger charge is -2.46. The number of hydrogen-bond donors (Lipinski definition) is 9. The zero-order valence-electron chi connectivity index (χ0n) is 38.8. The summed E-state index contributed by atoms with van der Waals surface area (Å²) in [7, 11) is 0. The lowest BCUT2D eigenvalue weighted by atomic mass is 9.97. The summed E-state index contributed by atoms with van der Waals surface area (Å²) in [6, 6.07) is -0.931. The number of carbonyl (C=O) groups is 1. The number of allylic oxidation sites excluding steroid dienone is 5. The van der Waals surface area contributed by atoms with Crippen LogP contribution >= 0.6 is 0 Å². The highest BCUT2D eigenvalue weighted by Gasteiger charge is 2.51. The number of amides is 1. The standard InChI is InChI=1S/C49H89NO13/c1-3-5-7-9-10-11-12-13-14-15-16-17-18-19-20-21-22-23-24-25-26-27-29-30-32-38(53)37(50-41(54)33-31-28-8-6-4-2)36-60-48-46(59)44(57)47(40(35-52)62-48)63-49-45(58)43(56)42(55)39(34-51)61-49/h21-22,25-26,30,32,37-40,42-49,51-53,55-59H,3-20,23-24,27-29,31,33-36H2,1-2H3,(H,50,54)/b22-21+,26-25+,32-30+. The van der Waals surface area contributed by atoms with Gasteiger partial charge in [0.1, 0.15) is 48.8 Å². The minimum Gasteiger partial charge on any atom is -0.394 e. The van der Waals surface area contributed by atoms with Gasteiger partial charge in [-0.2, -0.15) is 0 Å². The Balaban J connectivity index is 1.76. The molecule has 0 bridgehead atoms. The Morgan fingerprint density at radius 1 is 0.556 bits per heavy atom. The molecule has 0 radical (unpaired) electrons. The fourth-order valence-electron chi connectivity index (χ4n) is 7.97. The molecule has 0 aromatic heterocycles. The first kappa shape index (κ1) is 57.3. The Hall–Kier alpha value is -1.79. The van der Waals surface area contributed by atoms with Crippen molar-refractivity contribution in [2.75, 3.05) is 19.8 Å². The van der Waals surface area contributed by atoms with Crippen molar-refractivity contribution in [3.63, 3.8) is 0 Å². The topological polar surface area (TPSA) is 228 Å². The summed E-state index contributed by atoms with van der Waals surface area (Å²) in [6.45, 7) is 2.65. The maximum absolute atomic E-state index is 12.9. The third kappa shape index (κ3) is 24.0. The van der Waals surface area contributed by atoms with Gasteiger partial charge in [0, 0.05) is 6.42 Å². The summed E-state index contributed by atoms with van der Waals surface area (Å²) >= 11 is 0. The summed E-state index contributed by atoms with van der Waals surface area (Å²) < 4.78 is 22.5. The van der Waals surface area contributed by atoms with Crippen LogP contribution in [0.25, 0.3) is 0 Å². The van der Waals surface area contributed by atoms with E-state index in [1.807, 2.05) is 6.08 Å². The van der Waals surface area contributed by atoms with E-state index in [2.05, 4.69) is 43.5 Å². The Kier molecular flexibility index (Phi) is 33.1. The average molecular weight is 900 g/mol. The first-order chi connectivity index (χ1) is 30.6. The average Bonchev–Trinajstić information content (AvgIpc) is 3.28. The van der Waals surface area contributed by atoms with Crippen molar-refractivity contribution in [3.8, 4) is 0 Å². The highest BCUT2D eigenvalue weighted by molar-refractivity contribution is 5.76. The van der Waals surface area contributed by atoms with E-state index in [1.165, 1.54) is 89.9 Å². The normalized spacial score (nSPS) is 27.8. The van der Waals surface area contributed by atoms with E-state index in [4.69, 9.17) is 18.9 Å². The Morgan fingerprint density at radius 2 is 1.02 bits per heavy atom. The van der Waals surface area contributed by atoms with Gasteiger partial charge in [0.15, 0.2) is 12.6 Å². The summed E-state index contributed by atoms with van der Waals surface area (Å²) in [5.41, 5.74) is 0. The highest BCUT2D eigenvalue weighted by Crippen LogP contribution is 2.30. The van der Waals surface area contributed by atoms with Crippen LogP contribution in [0.2, 0.25) is 0 Å². The van der Waals surface area contributed by atoms with E-state index in [9.17, 15) is 45.6 Å². The van der Waals surface area contributed by atoms with E-state index in [-0.39, 0.29) is 18.9 Å². The molecule has 63 heavy (non-hydrogen) atoms. The van der Waals surface area contributed by atoms with Crippen molar-refractivity contribution in [1.29, 1.82) is 0 Å². The zero-order valence-corrected chi connectivity index (χ0v) is 38.8. The Bertz CT molecular complexity index is 1200. The van der Waals surface area contributed by atoms with Crippen molar-refractivity contribution in [1.82, 2.24) is 5.32 Å². The second kappa shape index (κ2) is 36.3. The molecule has 2 saturated heterocycles. The van der Waals surface area contributed by atoms with Crippen LogP contribution in [0, 0.1) is 0 Å². The molecule has 14 nitrogen and oxygen atoms in total. The van der Waals surface area contributed by atoms with Gasteiger partial charge in [-0.1, -0.05) is 159 Å². The molecule has 0 aromatic carbocycles. The van der Waals surface area contributed by atoms with Crippen LogP contribution in [0.3, 0.4) is 0 Å². The summed E-state index contributed by atoms with van der Waals surface area (Å²) in [5.74, 6) is -0.268. The lowest BCUT2D eigenvalue weighted by molar-refractivity contribution is -0.359. The fraction of sp³-hybridized carbons (Fsp3) is 0.857. The predicted octanol–water partition coefficient (Wildman–Crippen LogP) is 5.93. The van der Waals surface area contributed by atoms with Crippen LogP contribution in [-0.2, 0) is 23.7 Å². The number of aliphatic hydroxyl groups excluding tert-OH is 8. The molecule has 368 valence electrons. The number of nitrogens with one attached hydrogen (secondary N) is 1.